The fraction of sp³-hybridized carbons (Fsp3) is 0.588. The Morgan fingerprint density at radius 1 is 0.909 bits per heavy atom. The summed E-state index contributed by atoms with van der Waals surface area (Å²) in [5.74, 6) is 3.14. The third-order valence-corrected chi connectivity index (χ3v) is 8.24. The van der Waals surface area contributed by atoms with Crippen LogP contribution in [0.4, 0.5) is 0 Å². The second kappa shape index (κ2) is 8.18. The van der Waals surface area contributed by atoms with E-state index in [1.807, 2.05) is 7.05 Å². The van der Waals surface area contributed by atoms with Crippen molar-refractivity contribution in [1.29, 1.82) is 0 Å². The van der Waals surface area contributed by atoms with Gasteiger partial charge in [0.05, 0.1) is 11.5 Å². The van der Waals surface area contributed by atoms with Crippen LogP contribution in [0.2, 0.25) is 18.6 Å². The van der Waals surface area contributed by atoms with Crippen molar-refractivity contribution in [2.24, 2.45) is 11.8 Å². The second-order valence-corrected chi connectivity index (χ2v) is 10.7. The zero-order chi connectivity index (χ0) is 13.1. The fourth-order valence-electron chi connectivity index (χ4n) is 3.82. The molecule has 0 aromatic carbocycles. The van der Waals surface area contributed by atoms with Gasteiger partial charge in [0.25, 0.3) is 0 Å². The summed E-state index contributed by atoms with van der Waals surface area (Å²) in [5.41, 5.74) is 0.458. The Morgan fingerprint density at radius 2 is 1.27 bits per heavy atom. The molecule has 1 saturated carbocycles. The standard InChI is InChI=1S/C14H22NO2Si.3CH3.Ti/c1-8-6-10-11-7-9(2)17-13(11)14(12(10)16-8)18(4,5)15-3;;;;/h6-7,10-14H,1-5H3;3*1H3;/q4*-1;+4. The van der Waals surface area contributed by atoms with Gasteiger partial charge < -0.3 is 36.7 Å². The molecular weight excluding hydrogens is 326 g/mol. The van der Waals surface area contributed by atoms with Crippen LogP contribution in [-0.2, 0) is 31.2 Å². The van der Waals surface area contributed by atoms with Gasteiger partial charge in [-0.25, -0.2) is 0 Å². The smallest absolute Gasteiger partial charge is 0.667 e. The molecule has 1 aliphatic carbocycles. The predicted octanol–water partition coefficient (Wildman–Crippen LogP) is 4.76. The summed E-state index contributed by atoms with van der Waals surface area (Å²) < 4.78 is 12.2. The predicted molar refractivity (Wildman–Crippen MR) is 94.0 cm³/mol. The molecule has 0 saturated heterocycles. The van der Waals surface area contributed by atoms with Gasteiger partial charge in [-0.05, 0) is 26.0 Å². The van der Waals surface area contributed by atoms with Crippen LogP contribution >= 0.6 is 0 Å². The van der Waals surface area contributed by atoms with Crippen molar-refractivity contribution >= 4 is 8.24 Å². The van der Waals surface area contributed by atoms with Crippen molar-refractivity contribution in [2.45, 2.75) is 44.7 Å². The molecule has 0 N–H and O–H groups in total. The number of allylic oxidation sites excluding steroid dienone is 2. The molecule has 4 unspecified atom stereocenters. The Kier molecular flexibility index (Phi) is 9.01. The largest absolute Gasteiger partial charge is 4.00 e. The molecule has 1 fully saturated rings. The first-order valence-corrected chi connectivity index (χ1v) is 9.77. The maximum absolute atomic E-state index is 6.08. The van der Waals surface area contributed by atoms with Crippen molar-refractivity contribution < 1.29 is 31.2 Å². The van der Waals surface area contributed by atoms with Crippen molar-refractivity contribution in [1.82, 2.24) is 0 Å². The van der Waals surface area contributed by atoms with Crippen LogP contribution in [0.3, 0.4) is 0 Å². The van der Waals surface area contributed by atoms with E-state index >= 15 is 0 Å². The van der Waals surface area contributed by atoms with E-state index < -0.39 is 8.24 Å². The van der Waals surface area contributed by atoms with Gasteiger partial charge in [-0.2, -0.15) is 7.05 Å². The summed E-state index contributed by atoms with van der Waals surface area (Å²) in [6.07, 6.45) is 5.16. The Bertz CT molecular complexity index is 404. The Balaban J connectivity index is 0. The van der Waals surface area contributed by atoms with Crippen LogP contribution in [-0.4, -0.2) is 27.5 Å². The molecule has 2 heterocycles. The summed E-state index contributed by atoms with van der Waals surface area (Å²) in [5, 5.41) is 0. The van der Waals surface area contributed by atoms with Crippen LogP contribution in [0.15, 0.2) is 23.7 Å². The molecule has 0 aromatic rings. The van der Waals surface area contributed by atoms with Gasteiger partial charge in [0.1, 0.15) is 12.2 Å². The zero-order valence-electron chi connectivity index (χ0n) is 15.3. The number of nitrogens with zero attached hydrogens (tertiary/aromatic N) is 1. The fourth-order valence-corrected chi connectivity index (χ4v) is 6.31. The molecule has 5 heteroatoms. The minimum absolute atomic E-state index is 0. The molecule has 2 aliphatic heterocycles. The van der Waals surface area contributed by atoms with E-state index in [1.165, 1.54) is 0 Å². The van der Waals surface area contributed by atoms with E-state index in [1.54, 1.807) is 0 Å². The third kappa shape index (κ3) is 3.55. The molecule has 3 aliphatic rings. The van der Waals surface area contributed by atoms with Crippen LogP contribution in [0.25, 0.3) is 4.98 Å². The summed E-state index contributed by atoms with van der Waals surface area (Å²) >= 11 is 0. The molecular formula is C17H31NO2SiTi. The van der Waals surface area contributed by atoms with Crippen LogP contribution in [0.5, 0.6) is 0 Å². The van der Waals surface area contributed by atoms with E-state index in [0.29, 0.717) is 17.4 Å². The molecule has 0 spiro atoms. The van der Waals surface area contributed by atoms with Gasteiger partial charge >= 0.3 is 21.7 Å². The SMILES string of the molecule is C[N-][Si](C)(C)C1C2OC(C)=CC2C2C=C(C)OC21.[CH3-].[CH3-].[CH3-].[Ti+4]. The molecule has 22 heavy (non-hydrogen) atoms. The summed E-state index contributed by atoms with van der Waals surface area (Å²) in [7, 11) is 0.291. The number of hydrogen-bond donors (Lipinski definition) is 0. The Labute approximate surface area is 153 Å². The van der Waals surface area contributed by atoms with Crippen molar-refractivity contribution in [3.8, 4) is 0 Å². The van der Waals surface area contributed by atoms with Gasteiger partial charge in [0.15, 0.2) is 0 Å². The maximum Gasteiger partial charge on any atom is 4.00 e. The van der Waals surface area contributed by atoms with E-state index in [-0.39, 0.29) is 56.2 Å². The van der Waals surface area contributed by atoms with Crippen molar-refractivity contribution in [2.75, 3.05) is 7.05 Å². The molecule has 3 rings (SSSR count). The van der Waals surface area contributed by atoms with Gasteiger partial charge in [-0.1, -0.05) is 21.3 Å². The molecule has 0 bridgehead atoms. The van der Waals surface area contributed by atoms with Crippen LogP contribution in [0, 0.1) is 34.1 Å². The quantitative estimate of drug-likeness (QED) is 0.527. The number of fused-ring (bicyclic) bond motifs is 3. The molecule has 124 valence electrons. The number of hydrogen-bond acceptors (Lipinski definition) is 2. The van der Waals surface area contributed by atoms with Gasteiger partial charge in [0, 0.05) is 17.4 Å². The minimum Gasteiger partial charge on any atom is -0.667 e. The Morgan fingerprint density at radius 3 is 1.59 bits per heavy atom. The van der Waals surface area contributed by atoms with E-state index in [2.05, 4.69) is 39.1 Å². The van der Waals surface area contributed by atoms with Crippen molar-refractivity contribution in [3.05, 3.63) is 50.9 Å². The summed E-state index contributed by atoms with van der Waals surface area (Å²) in [6.45, 7) is 8.78. The first kappa shape index (κ1) is 24.2. The molecule has 3 nitrogen and oxygen atoms in total. The molecule has 4 atom stereocenters. The third-order valence-electron chi connectivity index (χ3n) is 4.80. The second-order valence-electron chi connectivity index (χ2n) is 6.28. The molecule has 0 radical (unpaired) electrons. The molecule has 0 amide bonds. The van der Waals surface area contributed by atoms with E-state index in [0.717, 1.165) is 11.5 Å². The summed E-state index contributed by atoms with van der Waals surface area (Å²) in [4.78, 5) is 4.71. The van der Waals surface area contributed by atoms with Crippen LogP contribution < -0.4 is 0 Å². The summed E-state index contributed by atoms with van der Waals surface area (Å²) in [6, 6.07) is 0. The average molecular weight is 357 g/mol. The molecule has 0 aromatic heterocycles. The van der Waals surface area contributed by atoms with Gasteiger partial charge in [0.2, 0.25) is 0 Å². The number of rotatable bonds is 2. The van der Waals surface area contributed by atoms with Gasteiger partial charge in [-0.15, -0.1) is 0 Å². The van der Waals surface area contributed by atoms with Gasteiger partial charge in [-0.3, -0.25) is 0 Å². The van der Waals surface area contributed by atoms with E-state index in [9.17, 15) is 0 Å². The first-order chi connectivity index (χ1) is 8.44. The first-order valence-electron chi connectivity index (χ1n) is 6.75. The monoisotopic (exact) mass is 357 g/mol. The Hall–Kier alpha value is -0.0288. The van der Waals surface area contributed by atoms with Crippen LogP contribution in [0.1, 0.15) is 13.8 Å². The zero-order valence-corrected chi connectivity index (χ0v) is 17.9. The van der Waals surface area contributed by atoms with E-state index in [4.69, 9.17) is 14.5 Å². The topological polar surface area (TPSA) is 32.6 Å². The average Bonchev–Trinajstić information content (AvgIpc) is 2.88. The maximum atomic E-state index is 6.08. The van der Waals surface area contributed by atoms with Crippen molar-refractivity contribution in [3.63, 3.8) is 0 Å². The normalized spacial score (nSPS) is 34.1. The minimum atomic E-state index is -1.67. The number of ether oxygens (including phenoxy) is 2.